The number of aryl methyl sites for hydroxylation is 2. The zero-order valence-electron chi connectivity index (χ0n) is 14.1. The number of aromatic nitrogens is 3. The van der Waals surface area contributed by atoms with E-state index in [2.05, 4.69) is 20.3 Å². The molecule has 2 amide bonds. The van der Waals surface area contributed by atoms with Crippen LogP contribution in [-0.2, 0) is 6.42 Å². The lowest BCUT2D eigenvalue weighted by Gasteiger charge is -2.24. The average Bonchev–Trinajstić information content (AvgIpc) is 2.53. The van der Waals surface area contributed by atoms with Crippen molar-refractivity contribution >= 4 is 6.03 Å². The number of hydrogen-bond acceptors (Lipinski definition) is 4. The third-order valence-corrected chi connectivity index (χ3v) is 3.67. The molecule has 0 fully saturated rings. The van der Waals surface area contributed by atoms with Crippen molar-refractivity contribution in [2.24, 2.45) is 0 Å². The van der Waals surface area contributed by atoms with E-state index >= 15 is 0 Å². The first-order valence-corrected chi connectivity index (χ1v) is 7.70. The fourth-order valence-corrected chi connectivity index (χ4v) is 2.31. The van der Waals surface area contributed by atoms with Gasteiger partial charge in [0.2, 0.25) is 0 Å². The van der Waals surface area contributed by atoms with Gasteiger partial charge in [-0.2, -0.15) is 0 Å². The van der Waals surface area contributed by atoms with Crippen LogP contribution in [0.5, 0.6) is 0 Å². The highest BCUT2D eigenvalue weighted by atomic mass is 16.2. The number of nitrogens with zero attached hydrogens (tertiary/aromatic N) is 4. The van der Waals surface area contributed by atoms with Crippen molar-refractivity contribution in [2.45, 2.75) is 33.2 Å². The molecule has 0 bridgehead atoms. The molecule has 1 atom stereocenters. The lowest BCUT2D eigenvalue weighted by Crippen LogP contribution is -2.39. The molecule has 2 aromatic heterocycles. The summed E-state index contributed by atoms with van der Waals surface area (Å²) in [5.41, 5.74) is 2.75. The second-order valence-electron chi connectivity index (χ2n) is 5.59. The quantitative estimate of drug-likeness (QED) is 0.920. The number of urea groups is 1. The van der Waals surface area contributed by atoms with E-state index in [0.717, 1.165) is 22.9 Å². The second kappa shape index (κ2) is 7.67. The minimum atomic E-state index is -0.132. The second-order valence-corrected chi connectivity index (χ2v) is 5.59. The first-order valence-electron chi connectivity index (χ1n) is 7.70. The first kappa shape index (κ1) is 16.9. The summed E-state index contributed by atoms with van der Waals surface area (Å²) in [7, 11) is 1.77. The molecule has 122 valence electrons. The van der Waals surface area contributed by atoms with Crippen LogP contribution >= 0.6 is 0 Å². The van der Waals surface area contributed by atoms with Crippen molar-refractivity contribution < 1.29 is 4.79 Å². The van der Waals surface area contributed by atoms with E-state index in [0.29, 0.717) is 13.0 Å². The summed E-state index contributed by atoms with van der Waals surface area (Å²) < 4.78 is 0. The van der Waals surface area contributed by atoms with Gasteiger partial charge in [0, 0.05) is 37.6 Å². The van der Waals surface area contributed by atoms with Gasteiger partial charge in [0.25, 0.3) is 0 Å². The summed E-state index contributed by atoms with van der Waals surface area (Å²) in [6, 6.07) is 7.41. The third kappa shape index (κ3) is 4.74. The van der Waals surface area contributed by atoms with E-state index in [9.17, 15) is 4.79 Å². The molecule has 1 unspecified atom stereocenters. The van der Waals surface area contributed by atoms with Gasteiger partial charge in [0.05, 0.1) is 11.7 Å². The van der Waals surface area contributed by atoms with E-state index in [1.807, 2.05) is 45.0 Å². The number of carbonyl (C=O) groups is 1. The minimum Gasteiger partial charge on any atom is -0.338 e. The standard InChI is InChI=1S/C17H23N5O/c1-12-11-13(2)21-16(20-12)8-10-19-17(23)22(4)14(3)15-7-5-6-9-18-15/h5-7,9,11,14H,8,10H2,1-4H3,(H,19,23). The monoisotopic (exact) mass is 313 g/mol. The highest BCUT2D eigenvalue weighted by Crippen LogP contribution is 2.15. The summed E-state index contributed by atoms with van der Waals surface area (Å²) >= 11 is 0. The Labute approximate surface area is 137 Å². The summed E-state index contributed by atoms with van der Waals surface area (Å²) in [6.45, 7) is 6.34. The number of nitrogens with one attached hydrogen (secondary N) is 1. The number of rotatable bonds is 5. The maximum Gasteiger partial charge on any atom is 0.317 e. The largest absolute Gasteiger partial charge is 0.338 e. The molecule has 1 N–H and O–H groups in total. The van der Waals surface area contributed by atoms with Crippen molar-refractivity contribution in [3.8, 4) is 0 Å². The van der Waals surface area contributed by atoms with Crippen molar-refractivity contribution in [3.05, 3.63) is 53.4 Å². The molecule has 2 heterocycles. The average molecular weight is 313 g/mol. The molecule has 0 aliphatic carbocycles. The number of carbonyl (C=O) groups excluding carboxylic acids is 1. The SMILES string of the molecule is Cc1cc(C)nc(CCNC(=O)N(C)C(C)c2ccccn2)n1. The maximum absolute atomic E-state index is 12.2. The Morgan fingerprint density at radius 3 is 2.57 bits per heavy atom. The Hall–Kier alpha value is -2.50. The van der Waals surface area contributed by atoms with Gasteiger partial charge in [-0.3, -0.25) is 4.98 Å². The normalized spacial score (nSPS) is 11.8. The predicted molar refractivity (Wildman–Crippen MR) is 89.0 cm³/mol. The number of pyridine rings is 1. The van der Waals surface area contributed by atoms with Gasteiger partial charge in [0.15, 0.2) is 0 Å². The first-order chi connectivity index (χ1) is 11.0. The van der Waals surface area contributed by atoms with Crippen LogP contribution in [0.3, 0.4) is 0 Å². The molecular formula is C17H23N5O. The molecule has 6 nitrogen and oxygen atoms in total. The highest BCUT2D eigenvalue weighted by molar-refractivity contribution is 5.74. The molecular weight excluding hydrogens is 290 g/mol. The lowest BCUT2D eigenvalue weighted by molar-refractivity contribution is 0.193. The van der Waals surface area contributed by atoms with Crippen LogP contribution in [0.15, 0.2) is 30.5 Å². The van der Waals surface area contributed by atoms with Gasteiger partial charge in [0.1, 0.15) is 5.82 Å². The fourth-order valence-electron chi connectivity index (χ4n) is 2.31. The third-order valence-electron chi connectivity index (χ3n) is 3.67. The highest BCUT2D eigenvalue weighted by Gasteiger charge is 2.17. The Morgan fingerprint density at radius 2 is 1.96 bits per heavy atom. The fraction of sp³-hybridized carbons (Fsp3) is 0.412. The Kier molecular flexibility index (Phi) is 5.62. The van der Waals surface area contributed by atoms with Crippen molar-refractivity contribution in [2.75, 3.05) is 13.6 Å². The van der Waals surface area contributed by atoms with Crippen LogP contribution in [0.2, 0.25) is 0 Å². The van der Waals surface area contributed by atoms with E-state index in [1.54, 1.807) is 18.1 Å². The van der Waals surface area contributed by atoms with Gasteiger partial charge in [-0.25, -0.2) is 14.8 Å². The predicted octanol–water partition coefficient (Wildman–Crippen LogP) is 2.43. The van der Waals surface area contributed by atoms with Crippen LogP contribution in [0.25, 0.3) is 0 Å². The Bertz CT molecular complexity index is 639. The zero-order chi connectivity index (χ0) is 16.8. The van der Waals surface area contributed by atoms with Gasteiger partial charge >= 0.3 is 6.03 Å². The molecule has 0 aromatic carbocycles. The molecule has 0 radical (unpaired) electrons. The molecule has 0 saturated carbocycles. The van der Waals surface area contributed by atoms with Crippen LogP contribution < -0.4 is 5.32 Å². The van der Waals surface area contributed by atoms with Crippen molar-refractivity contribution in [1.29, 1.82) is 0 Å². The topological polar surface area (TPSA) is 71.0 Å². The van der Waals surface area contributed by atoms with Crippen LogP contribution in [0.1, 0.15) is 35.9 Å². The van der Waals surface area contributed by atoms with Gasteiger partial charge in [-0.1, -0.05) is 6.07 Å². The summed E-state index contributed by atoms with van der Waals surface area (Å²) in [4.78, 5) is 26.9. The molecule has 0 spiro atoms. The van der Waals surface area contributed by atoms with E-state index in [4.69, 9.17) is 0 Å². The molecule has 0 aliphatic heterocycles. The molecule has 0 saturated heterocycles. The van der Waals surface area contributed by atoms with Gasteiger partial charge in [-0.15, -0.1) is 0 Å². The zero-order valence-corrected chi connectivity index (χ0v) is 14.1. The minimum absolute atomic E-state index is 0.0892. The molecule has 23 heavy (non-hydrogen) atoms. The maximum atomic E-state index is 12.2. The Balaban J connectivity index is 1.86. The lowest BCUT2D eigenvalue weighted by atomic mass is 10.2. The molecule has 2 aromatic rings. The van der Waals surface area contributed by atoms with E-state index in [-0.39, 0.29) is 12.1 Å². The summed E-state index contributed by atoms with van der Waals surface area (Å²) in [5, 5.41) is 2.90. The van der Waals surface area contributed by atoms with E-state index in [1.165, 1.54) is 0 Å². The number of amides is 2. The molecule has 0 aliphatic rings. The van der Waals surface area contributed by atoms with Crippen LogP contribution in [0.4, 0.5) is 4.79 Å². The van der Waals surface area contributed by atoms with E-state index < -0.39 is 0 Å². The van der Waals surface area contributed by atoms with Crippen molar-refractivity contribution in [1.82, 2.24) is 25.2 Å². The smallest absolute Gasteiger partial charge is 0.317 e. The number of hydrogen-bond donors (Lipinski definition) is 1. The molecule has 2 rings (SSSR count). The van der Waals surface area contributed by atoms with Gasteiger partial charge < -0.3 is 10.2 Å². The molecule has 6 heteroatoms. The van der Waals surface area contributed by atoms with Crippen molar-refractivity contribution in [3.63, 3.8) is 0 Å². The Morgan fingerprint density at radius 1 is 1.26 bits per heavy atom. The van der Waals surface area contributed by atoms with Gasteiger partial charge in [-0.05, 0) is 39.0 Å². The van der Waals surface area contributed by atoms with Crippen LogP contribution in [-0.4, -0.2) is 39.5 Å². The summed E-state index contributed by atoms with van der Waals surface area (Å²) in [5.74, 6) is 0.753. The summed E-state index contributed by atoms with van der Waals surface area (Å²) in [6.07, 6.45) is 2.34. The van der Waals surface area contributed by atoms with Crippen LogP contribution in [0, 0.1) is 13.8 Å².